The Kier molecular flexibility index (Phi) is 4.20. The van der Waals surface area contributed by atoms with E-state index in [1.165, 1.54) is 31.7 Å². The predicted molar refractivity (Wildman–Crippen MR) is 76.0 cm³/mol. The summed E-state index contributed by atoms with van der Waals surface area (Å²) in [5.41, 5.74) is 1.57. The number of benzene rings is 1. The first-order valence-corrected chi connectivity index (χ1v) is 6.93. The van der Waals surface area contributed by atoms with E-state index in [-0.39, 0.29) is 10.6 Å². The van der Waals surface area contributed by atoms with E-state index in [2.05, 4.69) is 19.2 Å². The number of rotatable bonds is 4. The molecule has 4 heteroatoms. The molecule has 1 atom stereocenters. The molecule has 1 saturated carbocycles. The van der Waals surface area contributed by atoms with Gasteiger partial charge in [0.05, 0.1) is 4.92 Å². The van der Waals surface area contributed by atoms with E-state index in [0.29, 0.717) is 18.0 Å². The number of nitro benzene ring substituents is 1. The number of nitro groups is 1. The molecular formula is C15H22N2O2. The third-order valence-corrected chi connectivity index (χ3v) is 3.92. The Morgan fingerprint density at radius 3 is 2.95 bits per heavy atom. The zero-order valence-corrected chi connectivity index (χ0v) is 11.7. The van der Waals surface area contributed by atoms with Gasteiger partial charge in [-0.3, -0.25) is 10.1 Å². The molecule has 1 aromatic carbocycles. The van der Waals surface area contributed by atoms with Crippen LogP contribution in [0.3, 0.4) is 0 Å². The van der Waals surface area contributed by atoms with Crippen LogP contribution in [0.5, 0.6) is 0 Å². The van der Waals surface area contributed by atoms with Crippen molar-refractivity contribution in [3.05, 3.63) is 39.9 Å². The minimum Gasteiger partial charge on any atom is -0.310 e. The molecule has 0 bridgehead atoms. The minimum atomic E-state index is -0.340. The number of nitrogens with zero attached hydrogens (tertiary/aromatic N) is 1. The van der Waals surface area contributed by atoms with Gasteiger partial charge in [-0.05, 0) is 30.2 Å². The first-order chi connectivity index (χ1) is 8.96. The highest BCUT2D eigenvalue weighted by Crippen LogP contribution is 2.35. The third-order valence-electron chi connectivity index (χ3n) is 3.92. The summed E-state index contributed by atoms with van der Waals surface area (Å²) in [6.45, 7) is 5.34. The molecule has 4 nitrogen and oxygen atoms in total. The minimum absolute atomic E-state index is 0.170. The van der Waals surface area contributed by atoms with Gasteiger partial charge in [-0.15, -0.1) is 0 Å². The van der Waals surface area contributed by atoms with E-state index in [1.807, 2.05) is 6.07 Å². The second-order valence-corrected chi connectivity index (χ2v) is 6.27. The lowest BCUT2D eigenvalue weighted by molar-refractivity contribution is -0.384. The van der Waals surface area contributed by atoms with E-state index >= 15 is 0 Å². The van der Waals surface area contributed by atoms with Gasteiger partial charge in [0.2, 0.25) is 0 Å². The maximum Gasteiger partial charge on any atom is 0.269 e. The molecule has 0 aromatic heterocycles. The van der Waals surface area contributed by atoms with Crippen molar-refractivity contribution in [1.82, 2.24) is 5.32 Å². The smallest absolute Gasteiger partial charge is 0.269 e. The summed E-state index contributed by atoms with van der Waals surface area (Å²) in [5.74, 6) is 0. The molecule has 0 radical (unpaired) electrons. The van der Waals surface area contributed by atoms with Crippen LogP contribution in [0.15, 0.2) is 24.3 Å². The zero-order chi connectivity index (χ0) is 13.9. The summed E-state index contributed by atoms with van der Waals surface area (Å²) >= 11 is 0. The van der Waals surface area contributed by atoms with Crippen LogP contribution in [-0.2, 0) is 6.54 Å². The Bertz CT molecular complexity index is 457. The van der Waals surface area contributed by atoms with Gasteiger partial charge in [0.25, 0.3) is 5.69 Å². The van der Waals surface area contributed by atoms with E-state index in [1.54, 1.807) is 12.1 Å². The molecule has 1 fully saturated rings. The number of nitrogens with one attached hydrogen (secondary N) is 1. The Hall–Kier alpha value is -1.42. The lowest BCUT2D eigenvalue weighted by Gasteiger charge is -2.35. The molecule has 2 rings (SSSR count). The first kappa shape index (κ1) is 14.0. The van der Waals surface area contributed by atoms with Crippen LogP contribution in [0.4, 0.5) is 5.69 Å². The normalized spacial score (nSPS) is 22.1. The Balaban J connectivity index is 1.91. The number of hydrogen-bond acceptors (Lipinski definition) is 3. The van der Waals surface area contributed by atoms with Crippen molar-refractivity contribution in [2.75, 3.05) is 0 Å². The largest absolute Gasteiger partial charge is 0.310 e. The SMILES string of the molecule is CC1(C)CCCC(NCc2cccc([N+](=O)[O-])c2)C1. The van der Waals surface area contributed by atoms with E-state index in [0.717, 1.165) is 5.56 Å². The predicted octanol–water partition coefficient (Wildman–Crippen LogP) is 3.65. The fraction of sp³-hybridized carbons (Fsp3) is 0.600. The second kappa shape index (κ2) is 5.70. The van der Waals surface area contributed by atoms with Crippen molar-refractivity contribution in [3.8, 4) is 0 Å². The molecule has 1 N–H and O–H groups in total. The van der Waals surface area contributed by atoms with Crippen molar-refractivity contribution in [2.45, 2.75) is 52.1 Å². The average molecular weight is 262 g/mol. The highest BCUT2D eigenvalue weighted by atomic mass is 16.6. The van der Waals surface area contributed by atoms with Crippen molar-refractivity contribution < 1.29 is 4.92 Å². The van der Waals surface area contributed by atoms with E-state index in [4.69, 9.17) is 0 Å². The van der Waals surface area contributed by atoms with Crippen LogP contribution < -0.4 is 5.32 Å². The van der Waals surface area contributed by atoms with Crippen LogP contribution in [0.2, 0.25) is 0 Å². The molecule has 1 unspecified atom stereocenters. The molecule has 0 amide bonds. The van der Waals surface area contributed by atoms with Crippen LogP contribution in [0.25, 0.3) is 0 Å². The van der Waals surface area contributed by atoms with Crippen molar-refractivity contribution in [2.24, 2.45) is 5.41 Å². The van der Waals surface area contributed by atoms with Gasteiger partial charge in [-0.25, -0.2) is 0 Å². The molecule has 104 valence electrons. The maximum atomic E-state index is 10.7. The molecule has 0 saturated heterocycles. The van der Waals surface area contributed by atoms with Crippen LogP contribution in [0, 0.1) is 15.5 Å². The van der Waals surface area contributed by atoms with Gasteiger partial charge in [0.15, 0.2) is 0 Å². The Labute approximate surface area is 114 Å². The first-order valence-electron chi connectivity index (χ1n) is 6.93. The third kappa shape index (κ3) is 4.03. The van der Waals surface area contributed by atoms with Crippen LogP contribution in [0.1, 0.15) is 45.1 Å². The van der Waals surface area contributed by atoms with Gasteiger partial charge in [0.1, 0.15) is 0 Å². The summed E-state index contributed by atoms with van der Waals surface area (Å²) in [5, 5.41) is 14.3. The molecule has 19 heavy (non-hydrogen) atoms. The molecule has 0 spiro atoms. The fourth-order valence-electron chi connectivity index (χ4n) is 2.91. The van der Waals surface area contributed by atoms with Crippen molar-refractivity contribution >= 4 is 5.69 Å². The summed E-state index contributed by atoms with van der Waals surface area (Å²) in [6.07, 6.45) is 4.95. The van der Waals surface area contributed by atoms with Crippen LogP contribution in [-0.4, -0.2) is 11.0 Å². The average Bonchev–Trinajstić information content (AvgIpc) is 2.35. The molecule has 1 aliphatic carbocycles. The van der Waals surface area contributed by atoms with Gasteiger partial charge >= 0.3 is 0 Å². The number of non-ortho nitro benzene ring substituents is 1. The molecule has 1 aliphatic rings. The summed E-state index contributed by atoms with van der Waals surface area (Å²) in [7, 11) is 0. The van der Waals surface area contributed by atoms with E-state index < -0.39 is 0 Å². The molecule has 1 aromatic rings. The lowest BCUT2D eigenvalue weighted by atomic mass is 9.75. The van der Waals surface area contributed by atoms with Crippen molar-refractivity contribution in [3.63, 3.8) is 0 Å². The topological polar surface area (TPSA) is 55.2 Å². The van der Waals surface area contributed by atoms with E-state index in [9.17, 15) is 10.1 Å². The maximum absolute atomic E-state index is 10.7. The molecular weight excluding hydrogens is 240 g/mol. The quantitative estimate of drug-likeness (QED) is 0.665. The lowest BCUT2D eigenvalue weighted by Crippen LogP contribution is -2.36. The van der Waals surface area contributed by atoms with Gasteiger partial charge < -0.3 is 5.32 Å². The summed E-state index contributed by atoms with van der Waals surface area (Å²) in [4.78, 5) is 10.4. The van der Waals surface area contributed by atoms with Crippen molar-refractivity contribution in [1.29, 1.82) is 0 Å². The summed E-state index contributed by atoms with van der Waals surface area (Å²) < 4.78 is 0. The highest BCUT2D eigenvalue weighted by molar-refractivity contribution is 5.34. The van der Waals surface area contributed by atoms with Crippen LogP contribution >= 0.6 is 0 Å². The standard InChI is InChI=1S/C15H22N2O2/c1-15(2)8-4-6-13(10-15)16-11-12-5-3-7-14(9-12)17(18)19/h3,5,7,9,13,16H,4,6,8,10-11H2,1-2H3. The summed E-state index contributed by atoms with van der Waals surface area (Å²) in [6, 6.07) is 7.41. The highest BCUT2D eigenvalue weighted by Gasteiger charge is 2.27. The Morgan fingerprint density at radius 2 is 2.26 bits per heavy atom. The fourth-order valence-corrected chi connectivity index (χ4v) is 2.91. The van der Waals surface area contributed by atoms with Gasteiger partial charge in [-0.1, -0.05) is 32.4 Å². The Morgan fingerprint density at radius 1 is 1.47 bits per heavy atom. The van der Waals surface area contributed by atoms with Gasteiger partial charge in [0, 0.05) is 24.7 Å². The monoisotopic (exact) mass is 262 g/mol. The van der Waals surface area contributed by atoms with Gasteiger partial charge in [-0.2, -0.15) is 0 Å². The molecule has 0 heterocycles. The molecule has 0 aliphatic heterocycles. The zero-order valence-electron chi connectivity index (χ0n) is 11.7. The number of hydrogen-bond donors (Lipinski definition) is 1. The second-order valence-electron chi connectivity index (χ2n) is 6.27.